The van der Waals surface area contributed by atoms with Gasteiger partial charge in [-0.1, -0.05) is 118 Å². The molecule has 1 aliphatic heterocycles. The van der Waals surface area contributed by atoms with Gasteiger partial charge in [0.1, 0.15) is 11.7 Å². The first-order valence-electron chi connectivity index (χ1n) is 17.7. The van der Waals surface area contributed by atoms with Crippen LogP contribution >= 0.6 is 0 Å². The fraction of sp³-hybridized carbons (Fsp3) is 0.452. The second-order valence-electron chi connectivity index (χ2n) is 15.9. The summed E-state index contributed by atoms with van der Waals surface area (Å²) < 4.78 is 14.5. The molecule has 1 N–H and O–H groups in total. The molecule has 0 amide bonds. The molecule has 3 aromatic rings. The molecule has 1 spiro atoms. The lowest BCUT2D eigenvalue weighted by molar-refractivity contribution is -0.149. The number of hydrogen-bond donors (Lipinski definition) is 1. The molecule has 4 saturated carbocycles. The number of Topliss-reactive ketones (excluding diaryl/α,β-unsaturated/α-hetero) is 1. The summed E-state index contributed by atoms with van der Waals surface area (Å²) in [5.41, 5.74) is 4.42. The number of aliphatic hydroxyl groups is 1. The first-order chi connectivity index (χ1) is 22.6. The van der Waals surface area contributed by atoms with Crippen LogP contribution < -0.4 is 0 Å². The molecule has 5 fully saturated rings. The molecule has 244 valence electrons. The van der Waals surface area contributed by atoms with E-state index in [1.165, 1.54) is 16.7 Å². The molecule has 5 aliphatic rings. The van der Waals surface area contributed by atoms with Gasteiger partial charge in [-0.25, -0.2) is 0 Å². The third kappa shape index (κ3) is 4.83. The van der Waals surface area contributed by atoms with Crippen LogP contribution in [-0.2, 0) is 32.1 Å². The van der Waals surface area contributed by atoms with E-state index in [9.17, 15) is 9.90 Å². The predicted octanol–water partition coefficient (Wildman–Crippen LogP) is 7.71. The Balaban J connectivity index is 1.12. The Labute approximate surface area is 281 Å². The van der Waals surface area contributed by atoms with Gasteiger partial charge in [0.2, 0.25) is 8.32 Å². The fourth-order valence-corrected chi connectivity index (χ4v) is 15.5. The number of rotatable bonds is 8. The van der Waals surface area contributed by atoms with Gasteiger partial charge in [0.15, 0.2) is 5.78 Å². The zero-order valence-corrected chi connectivity index (χ0v) is 28.9. The van der Waals surface area contributed by atoms with Crippen molar-refractivity contribution in [1.82, 2.24) is 0 Å². The summed E-state index contributed by atoms with van der Waals surface area (Å²) in [5.74, 6) is 0.304. The first-order valence-corrected chi connectivity index (χ1v) is 20.2. The molecule has 1 heterocycles. The molecule has 8 rings (SSSR count). The average Bonchev–Trinajstić information content (AvgIpc) is 3.78. The van der Waals surface area contributed by atoms with Crippen molar-refractivity contribution >= 4 is 14.1 Å². The summed E-state index contributed by atoms with van der Waals surface area (Å²) in [5, 5.41) is 12.1. The highest BCUT2D eigenvalue weighted by atomic mass is 28.4. The van der Waals surface area contributed by atoms with Crippen molar-refractivity contribution in [3.8, 4) is 0 Å². The van der Waals surface area contributed by atoms with Crippen molar-refractivity contribution < 1.29 is 19.1 Å². The zero-order chi connectivity index (χ0) is 32.6. The third-order valence-electron chi connectivity index (χ3n) is 13.3. The summed E-state index contributed by atoms with van der Waals surface area (Å²) >= 11 is 0. The van der Waals surface area contributed by atoms with Gasteiger partial charge in [-0.2, -0.15) is 0 Å². The minimum atomic E-state index is -2.48. The van der Waals surface area contributed by atoms with Crippen LogP contribution in [0.3, 0.4) is 0 Å². The Bertz CT molecular complexity index is 1590. The molecule has 4 aliphatic carbocycles. The highest BCUT2D eigenvalue weighted by Crippen LogP contribution is 2.73. The van der Waals surface area contributed by atoms with Crippen molar-refractivity contribution in [2.45, 2.75) is 88.0 Å². The molecule has 1 saturated heterocycles. The number of carbonyl (C=O) groups excluding carboxylic acids is 1. The van der Waals surface area contributed by atoms with Crippen molar-refractivity contribution in [3.05, 3.63) is 132 Å². The van der Waals surface area contributed by atoms with E-state index >= 15 is 0 Å². The number of hydrogen-bond acceptors (Lipinski definition) is 4. The van der Waals surface area contributed by atoms with Crippen LogP contribution in [0.4, 0.5) is 0 Å². The fourth-order valence-electron chi connectivity index (χ4n) is 11.1. The quantitative estimate of drug-likeness (QED) is 0.155. The third-order valence-corrected chi connectivity index (χ3v) is 17.3. The van der Waals surface area contributed by atoms with Gasteiger partial charge in [0.05, 0.1) is 6.10 Å². The van der Waals surface area contributed by atoms with Crippen molar-refractivity contribution in [1.29, 1.82) is 0 Å². The number of fused-ring (bicyclic) bond motifs is 4. The number of benzene rings is 3. The lowest BCUT2D eigenvalue weighted by atomic mass is 9.44. The Hall–Kier alpha value is -3.09. The average molecular weight is 645 g/mol. The van der Waals surface area contributed by atoms with Gasteiger partial charge in [0, 0.05) is 34.8 Å². The molecule has 4 nitrogen and oxygen atoms in total. The van der Waals surface area contributed by atoms with Crippen molar-refractivity contribution in [2.75, 3.05) is 0 Å². The van der Waals surface area contributed by atoms with Crippen LogP contribution in [0.1, 0.15) is 62.6 Å². The van der Waals surface area contributed by atoms with Crippen LogP contribution in [0.25, 0.3) is 0 Å². The van der Waals surface area contributed by atoms with Crippen LogP contribution in [0.2, 0.25) is 0 Å². The molecular formula is C42H48O4Si. The number of ether oxygens (including phenoxy) is 1. The molecular weight excluding hydrogens is 597 g/mol. The van der Waals surface area contributed by atoms with E-state index < -0.39 is 25.4 Å². The summed E-state index contributed by atoms with van der Waals surface area (Å²) in [7, 11) is -2.48. The second-order valence-corrected chi connectivity index (χ2v) is 19.6. The van der Waals surface area contributed by atoms with Crippen LogP contribution in [-0.4, -0.2) is 43.1 Å². The molecule has 0 aromatic heterocycles. The Morgan fingerprint density at radius 1 is 0.830 bits per heavy atom. The van der Waals surface area contributed by atoms with Crippen molar-refractivity contribution in [3.63, 3.8) is 0 Å². The monoisotopic (exact) mass is 644 g/mol. The van der Waals surface area contributed by atoms with Gasteiger partial charge < -0.3 is 14.3 Å². The van der Waals surface area contributed by atoms with E-state index in [1.807, 2.05) is 0 Å². The Morgan fingerprint density at radius 3 is 1.89 bits per heavy atom. The highest BCUT2D eigenvalue weighted by Gasteiger charge is 2.79. The Morgan fingerprint density at radius 2 is 1.36 bits per heavy atom. The first kappa shape index (κ1) is 31.2. The van der Waals surface area contributed by atoms with Gasteiger partial charge >= 0.3 is 0 Å². The highest BCUT2D eigenvalue weighted by molar-refractivity contribution is 6.72. The Kier molecular flexibility index (Phi) is 7.45. The van der Waals surface area contributed by atoms with E-state index in [2.05, 4.69) is 118 Å². The summed E-state index contributed by atoms with van der Waals surface area (Å²) in [4.78, 5) is 13.4. The lowest BCUT2D eigenvalue weighted by Gasteiger charge is -2.59. The maximum absolute atomic E-state index is 13.4. The van der Waals surface area contributed by atoms with Gasteiger partial charge in [-0.3, -0.25) is 4.79 Å². The van der Waals surface area contributed by atoms with Gasteiger partial charge in [-0.15, -0.1) is 0 Å². The summed E-state index contributed by atoms with van der Waals surface area (Å²) in [6.45, 7) is 13.0. The maximum Gasteiger partial charge on any atom is 0.206 e. The smallest absolute Gasteiger partial charge is 0.206 e. The van der Waals surface area contributed by atoms with Crippen LogP contribution in [0, 0.1) is 28.6 Å². The second kappa shape index (κ2) is 11.2. The normalized spacial score (nSPS) is 37.5. The number of ketones is 1. The van der Waals surface area contributed by atoms with E-state index in [1.54, 1.807) is 0 Å². The van der Waals surface area contributed by atoms with E-state index in [-0.39, 0.29) is 41.2 Å². The van der Waals surface area contributed by atoms with Crippen molar-refractivity contribution in [2.24, 2.45) is 28.6 Å². The standard InChI is InChI=1S/C42H48O4Si/c1-28-29(2)38(44)40(3)22-21-34-35(36(28)40)37(43)39-42(45-39)24-33(20-23-41(34,42)4)46-47(25-30-14-8-5-9-15-30,26-31-16-10-6-11-17-31)27-32-18-12-7-13-19-32/h5-19,33-37,39,43H,1-2,20-27H2,3-4H3/t33?,34-,35-,36+,37?,39?,40+,41-,42?/m1/s1. The SMILES string of the molecule is C=C1C(=C)[C@H]2[C@@H]3C(O)C4OC45CC(O[Si](Cc4ccccc4)(Cc4ccccc4)Cc4ccccc4)CC[C@]5(C)[C@@H]3CC[C@]2(C)C1=O. The topological polar surface area (TPSA) is 59.1 Å². The largest absolute Gasteiger partial charge is 0.413 e. The molecule has 3 aromatic carbocycles. The predicted molar refractivity (Wildman–Crippen MR) is 188 cm³/mol. The molecule has 0 radical (unpaired) electrons. The molecule has 5 heteroatoms. The zero-order valence-electron chi connectivity index (χ0n) is 27.9. The van der Waals surface area contributed by atoms with E-state index in [0.717, 1.165) is 55.8 Å². The summed E-state index contributed by atoms with van der Waals surface area (Å²) in [6.07, 6.45) is 3.76. The minimum absolute atomic E-state index is 0.0322. The van der Waals surface area contributed by atoms with Gasteiger partial charge in [-0.05, 0) is 77.9 Å². The van der Waals surface area contributed by atoms with Crippen LogP contribution in [0.15, 0.2) is 115 Å². The van der Waals surface area contributed by atoms with Crippen LogP contribution in [0.5, 0.6) is 0 Å². The number of aliphatic hydroxyl groups excluding tert-OH is 1. The lowest BCUT2D eigenvalue weighted by Crippen LogP contribution is -2.64. The number of epoxide rings is 1. The van der Waals surface area contributed by atoms with E-state index in [4.69, 9.17) is 9.16 Å². The minimum Gasteiger partial charge on any atom is -0.413 e. The molecule has 4 unspecified atom stereocenters. The number of carbonyl (C=O) groups is 1. The van der Waals surface area contributed by atoms with Gasteiger partial charge in [0.25, 0.3) is 0 Å². The maximum atomic E-state index is 13.4. The number of allylic oxidation sites excluding steroid dienone is 2. The molecule has 47 heavy (non-hydrogen) atoms. The van der Waals surface area contributed by atoms with E-state index in [0.29, 0.717) is 5.57 Å². The molecule has 0 bridgehead atoms. The molecule has 9 atom stereocenters. The summed E-state index contributed by atoms with van der Waals surface area (Å²) in [6, 6.07) is 35.5.